The van der Waals surface area contributed by atoms with Crippen LogP contribution in [0.4, 0.5) is 0 Å². The molecule has 0 amide bonds. The van der Waals surface area contributed by atoms with Crippen molar-refractivity contribution in [2.75, 3.05) is 0 Å². The lowest BCUT2D eigenvalue weighted by atomic mass is 9.89. The Balaban J connectivity index is 1.40. The van der Waals surface area contributed by atoms with Crippen molar-refractivity contribution in [3.05, 3.63) is 71.8 Å². The van der Waals surface area contributed by atoms with Crippen LogP contribution in [0.25, 0.3) is 28.6 Å². The lowest BCUT2D eigenvalue weighted by Crippen LogP contribution is -2.08. The van der Waals surface area contributed by atoms with Crippen molar-refractivity contribution in [3.8, 4) is 22.5 Å². The molecule has 1 aliphatic rings. The van der Waals surface area contributed by atoms with Crippen LogP contribution >= 0.6 is 0 Å². The Labute approximate surface area is 194 Å². The van der Waals surface area contributed by atoms with Gasteiger partial charge in [0.1, 0.15) is 0 Å². The summed E-state index contributed by atoms with van der Waals surface area (Å²) in [6.07, 6.45) is 11.6. The molecule has 7 heteroatoms. The van der Waals surface area contributed by atoms with E-state index in [9.17, 15) is 0 Å². The van der Waals surface area contributed by atoms with Crippen LogP contribution in [0.15, 0.2) is 54.6 Å². The Morgan fingerprint density at radius 1 is 1.00 bits per heavy atom. The number of H-pyrrole nitrogens is 1. The van der Waals surface area contributed by atoms with Gasteiger partial charge in [-0.1, -0.05) is 80.8 Å². The van der Waals surface area contributed by atoms with Crippen LogP contribution in [0, 0.1) is 0 Å². The molecule has 2 heterocycles. The zero-order valence-corrected chi connectivity index (χ0v) is 19.0. The summed E-state index contributed by atoms with van der Waals surface area (Å²) in [4.78, 5) is 4.92. The fourth-order valence-electron chi connectivity index (χ4n) is 4.54. The van der Waals surface area contributed by atoms with E-state index in [1.807, 2.05) is 18.2 Å². The van der Waals surface area contributed by atoms with Gasteiger partial charge in [0.15, 0.2) is 11.6 Å². The van der Waals surface area contributed by atoms with Crippen molar-refractivity contribution in [1.29, 1.82) is 0 Å². The topological polar surface area (TPSA) is 85.2 Å². The van der Waals surface area contributed by atoms with E-state index >= 15 is 0 Å². The summed E-state index contributed by atoms with van der Waals surface area (Å²) in [6, 6.07) is 16.7. The van der Waals surface area contributed by atoms with Gasteiger partial charge in [0.25, 0.3) is 0 Å². The van der Waals surface area contributed by atoms with Gasteiger partial charge in [0.05, 0.1) is 6.54 Å². The van der Waals surface area contributed by atoms with Crippen molar-refractivity contribution >= 4 is 6.08 Å². The molecule has 1 fully saturated rings. The van der Waals surface area contributed by atoms with Gasteiger partial charge in [0, 0.05) is 11.5 Å². The molecule has 7 nitrogen and oxygen atoms in total. The zero-order valence-electron chi connectivity index (χ0n) is 19.0. The first kappa shape index (κ1) is 21.2. The van der Waals surface area contributed by atoms with Gasteiger partial charge in [-0.3, -0.25) is 0 Å². The van der Waals surface area contributed by atoms with Crippen LogP contribution in [0.5, 0.6) is 0 Å². The maximum atomic E-state index is 4.94. The van der Waals surface area contributed by atoms with Crippen molar-refractivity contribution < 1.29 is 0 Å². The highest BCUT2D eigenvalue weighted by Crippen LogP contribution is 2.32. The van der Waals surface area contributed by atoms with Crippen molar-refractivity contribution in [2.24, 2.45) is 0 Å². The summed E-state index contributed by atoms with van der Waals surface area (Å²) in [7, 11) is 0. The van der Waals surface area contributed by atoms with Crippen LogP contribution in [-0.2, 0) is 6.54 Å². The highest BCUT2D eigenvalue weighted by Gasteiger charge is 2.21. The molecule has 1 aliphatic carbocycles. The molecule has 0 bridgehead atoms. The van der Waals surface area contributed by atoms with Crippen LogP contribution in [0.1, 0.15) is 68.6 Å². The second kappa shape index (κ2) is 9.90. The normalized spacial score (nSPS) is 14.8. The van der Waals surface area contributed by atoms with E-state index in [4.69, 9.17) is 10.1 Å². The number of hydrogen-bond acceptors (Lipinski definition) is 5. The highest BCUT2D eigenvalue weighted by molar-refractivity contribution is 5.80. The first-order chi connectivity index (χ1) is 16.3. The van der Waals surface area contributed by atoms with E-state index in [-0.39, 0.29) is 0 Å². The van der Waals surface area contributed by atoms with Gasteiger partial charge < -0.3 is 0 Å². The average Bonchev–Trinajstić information content (AvgIpc) is 3.54. The van der Waals surface area contributed by atoms with E-state index in [1.165, 1.54) is 37.7 Å². The second-order valence-electron chi connectivity index (χ2n) is 8.61. The molecule has 4 aromatic rings. The minimum absolute atomic E-state index is 0.498. The van der Waals surface area contributed by atoms with E-state index in [1.54, 1.807) is 0 Å². The lowest BCUT2D eigenvalue weighted by Gasteiger charge is -2.18. The van der Waals surface area contributed by atoms with Gasteiger partial charge in [-0.05, 0) is 47.2 Å². The third-order valence-electron chi connectivity index (χ3n) is 6.30. The van der Waals surface area contributed by atoms with Crippen LogP contribution in [0.2, 0.25) is 0 Å². The number of hydrogen-bond donors (Lipinski definition) is 1. The molecule has 5 rings (SSSR count). The predicted octanol–water partition coefficient (Wildman–Crippen LogP) is 5.64. The van der Waals surface area contributed by atoms with Gasteiger partial charge in [-0.15, -0.1) is 10.2 Å². The molecule has 0 aliphatic heterocycles. The number of rotatable bonds is 7. The van der Waals surface area contributed by atoms with Crippen LogP contribution in [0.3, 0.4) is 0 Å². The fourth-order valence-corrected chi connectivity index (χ4v) is 4.54. The average molecular weight is 440 g/mol. The predicted molar refractivity (Wildman–Crippen MR) is 129 cm³/mol. The number of benzene rings is 2. The minimum atomic E-state index is 0.498. The Morgan fingerprint density at radius 3 is 2.52 bits per heavy atom. The summed E-state index contributed by atoms with van der Waals surface area (Å²) in [5.74, 6) is 3.05. The molecule has 0 unspecified atom stereocenters. The van der Waals surface area contributed by atoms with Gasteiger partial charge in [-0.25, -0.2) is 9.67 Å². The minimum Gasteiger partial charge on any atom is -0.242 e. The molecule has 2 aromatic carbocycles. The first-order valence-electron chi connectivity index (χ1n) is 11.8. The third-order valence-corrected chi connectivity index (χ3v) is 6.30. The summed E-state index contributed by atoms with van der Waals surface area (Å²) in [6.45, 7) is 2.85. The highest BCUT2D eigenvalue weighted by atomic mass is 15.5. The maximum absolute atomic E-state index is 4.94. The molecular weight excluding hydrogens is 410 g/mol. The van der Waals surface area contributed by atoms with Crippen molar-refractivity contribution in [1.82, 2.24) is 35.4 Å². The number of tetrazole rings is 1. The van der Waals surface area contributed by atoms with Crippen molar-refractivity contribution in [2.45, 2.75) is 57.9 Å². The number of aromatic amines is 1. The number of allylic oxidation sites excluding steroid dienone is 1. The summed E-state index contributed by atoms with van der Waals surface area (Å²) >= 11 is 0. The Hall–Kier alpha value is -3.61. The zero-order chi connectivity index (χ0) is 22.5. The monoisotopic (exact) mass is 439 g/mol. The smallest absolute Gasteiger partial charge is 0.205 e. The molecule has 33 heavy (non-hydrogen) atoms. The van der Waals surface area contributed by atoms with E-state index in [0.717, 1.165) is 34.8 Å². The molecule has 1 N–H and O–H groups in total. The fraction of sp³-hybridized carbons (Fsp3) is 0.346. The largest absolute Gasteiger partial charge is 0.242 e. The number of nitrogens with zero attached hydrogens (tertiary/aromatic N) is 6. The molecule has 2 aromatic heterocycles. The molecule has 0 radical (unpaired) electrons. The SMILES string of the molecule is CC/C=C/c1nc(C2CCCCC2)nn1Cc1ccc(-c2ccccc2-c2nn[nH]n2)cc1. The number of aromatic nitrogens is 7. The molecular formula is C26H29N7. The maximum Gasteiger partial charge on any atom is 0.205 e. The Morgan fingerprint density at radius 2 is 1.79 bits per heavy atom. The Bertz CT molecular complexity index is 1200. The van der Waals surface area contributed by atoms with E-state index in [2.05, 4.69) is 74.7 Å². The molecule has 0 spiro atoms. The molecule has 168 valence electrons. The summed E-state index contributed by atoms with van der Waals surface area (Å²) < 4.78 is 2.05. The lowest BCUT2D eigenvalue weighted by molar-refractivity contribution is 0.426. The summed E-state index contributed by atoms with van der Waals surface area (Å²) in [5.41, 5.74) is 4.35. The summed E-state index contributed by atoms with van der Waals surface area (Å²) in [5, 5.41) is 19.5. The van der Waals surface area contributed by atoms with E-state index < -0.39 is 0 Å². The number of nitrogens with one attached hydrogen (secondary N) is 1. The van der Waals surface area contributed by atoms with Crippen LogP contribution < -0.4 is 0 Å². The standard InChI is InChI=1S/C26H29N7/c1-2-3-13-24-27-25(21-9-5-4-6-10-21)30-33(24)18-19-14-16-20(17-15-19)22-11-7-8-12-23(22)26-28-31-32-29-26/h3,7-8,11-17,21H,2,4-6,9-10,18H2,1H3,(H,28,29,31,32)/b13-3+. The van der Waals surface area contributed by atoms with Gasteiger partial charge >= 0.3 is 0 Å². The first-order valence-corrected chi connectivity index (χ1v) is 11.8. The molecule has 1 saturated carbocycles. The quantitative estimate of drug-likeness (QED) is 0.402. The Kier molecular flexibility index (Phi) is 6.37. The van der Waals surface area contributed by atoms with E-state index in [0.29, 0.717) is 18.3 Å². The van der Waals surface area contributed by atoms with Crippen LogP contribution in [-0.4, -0.2) is 35.4 Å². The second-order valence-corrected chi connectivity index (χ2v) is 8.61. The van der Waals surface area contributed by atoms with Gasteiger partial charge in [-0.2, -0.15) is 10.3 Å². The van der Waals surface area contributed by atoms with Crippen molar-refractivity contribution in [3.63, 3.8) is 0 Å². The molecule has 0 atom stereocenters. The third kappa shape index (κ3) is 4.77. The molecule has 0 saturated heterocycles. The van der Waals surface area contributed by atoms with Gasteiger partial charge in [0.2, 0.25) is 5.82 Å².